The van der Waals surface area contributed by atoms with Crippen LogP contribution in [0.25, 0.3) is 0 Å². The largest absolute Gasteiger partial charge is 0.495 e. The highest BCUT2D eigenvalue weighted by Gasteiger charge is 2.33. The Bertz CT molecular complexity index is 1370. The molecule has 0 bridgehead atoms. The Morgan fingerprint density at radius 3 is 2.27 bits per heavy atom. The second-order valence-electron chi connectivity index (χ2n) is 8.04. The summed E-state index contributed by atoms with van der Waals surface area (Å²) in [6.07, 6.45) is 0. The summed E-state index contributed by atoms with van der Waals surface area (Å²) in [6.45, 7) is 0.919. The number of carbonyl (C=O) groups excluding carboxylic acids is 2. The molecule has 8 nitrogen and oxygen atoms in total. The van der Waals surface area contributed by atoms with Crippen molar-refractivity contribution in [3.8, 4) is 5.75 Å². The molecular formula is C26H27Cl2N3O5S. The molecule has 0 aliphatic rings. The topological polar surface area (TPSA) is 96.0 Å². The average molecular weight is 564 g/mol. The summed E-state index contributed by atoms with van der Waals surface area (Å²) < 4.78 is 33.9. The molecule has 0 saturated carbocycles. The quantitative estimate of drug-likeness (QED) is 0.395. The number of amides is 2. The zero-order chi connectivity index (χ0) is 27.2. The van der Waals surface area contributed by atoms with Crippen LogP contribution in [0.1, 0.15) is 12.5 Å². The molecule has 3 aromatic carbocycles. The zero-order valence-electron chi connectivity index (χ0n) is 20.5. The van der Waals surface area contributed by atoms with E-state index in [2.05, 4.69) is 5.32 Å². The lowest BCUT2D eigenvalue weighted by molar-refractivity contribution is -0.139. The van der Waals surface area contributed by atoms with Crippen molar-refractivity contribution in [2.24, 2.45) is 0 Å². The van der Waals surface area contributed by atoms with E-state index in [1.54, 1.807) is 55.5 Å². The van der Waals surface area contributed by atoms with E-state index in [4.69, 9.17) is 27.9 Å². The predicted octanol–water partition coefficient (Wildman–Crippen LogP) is 4.36. The van der Waals surface area contributed by atoms with Gasteiger partial charge in [0.1, 0.15) is 18.3 Å². The van der Waals surface area contributed by atoms with E-state index in [0.717, 1.165) is 4.31 Å². The Kier molecular flexibility index (Phi) is 9.42. The van der Waals surface area contributed by atoms with Crippen LogP contribution in [0.3, 0.4) is 0 Å². The molecule has 0 aliphatic carbocycles. The lowest BCUT2D eigenvalue weighted by atomic mass is 10.1. The first-order chi connectivity index (χ1) is 17.6. The van der Waals surface area contributed by atoms with Crippen molar-refractivity contribution in [2.75, 3.05) is 25.0 Å². The number of benzene rings is 3. The number of hydrogen-bond donors (Lipinski definition) is 1. The maximum Gasteiger partial charge on any atom is 0.264 e. The van der Waals surface area contributed by atoms with Gasteiger partial charge in [0.2, 0.25) is 11.8 Å². The summed E-state index contributed by atoms with van der Waals surface area (Å²) in [5.41, 5.74) is 0.684. The van der Waals surface area contributed by atoms with E-state index in [0.29, 0.717) is 10.6 Å². The number of carbonyl (C=O) groups is 2. The van der Waals surface area contributed by atoms with Crippen LogP contribution in [0, 0.1) is 0 Å². The molecule has 196 valence electrons. The van der Waals surface area contributed by atoms with Gasteiger partial charge in [0, 0.05) is 23.6 Å². The van der Waals surface area contributed by atoms with E-state index in [-0.39, 0.29) is 27.9 Å². The van der Waals surface area contributed by atoms with Gasteiger partial charge in [-0.05, 0) is 48.9 Å². The summed E-state index contributed by atoms with van der Waals surface area (Å²) in [6, 6.07) is 18.2. The first-order valence-electron chi connectivity index (χ1n) is 11.3. The maximum absolute atomic E-state index is 13.8. The summed E-state index contributed by atoms with van der Waals surface area (Å²) in [5.74, 6) is -0.843. The highest BCUT2D eigenvalue weighted by molar-refractivity contribution is 7.92. The Morgan fingerprint density at radius 2 is 1.65 bits per heavy atom. The van der Waals surface area contributed by atoms with Crippen LogP contribution in [-0.4, -0.2) is 51.9 Å². The Labute approximate surface area is 226 Å². The fourth-order valence-electron chi connectivity index (χ4n) is 3.69. The molecule has 0 heterocycles. The number of nitrogens with one attached hydrogen (secondary N) is 1. The molecule has 2 amide bonds. The number of likely N-dealkylation sites (N-methyl/N-ethyl adjacent to an activating group) is 1. The molecule has 0 aliphatic heterocycles. The highest BCUT2D eigenvalue weighted by atomic mass is 35.5. The highest BCUT2D eigenvalue weighted by Crippen LogP contribution is 2.35. The van der Waals surface area contributed by atoms with E-state index in [9.17, 15) is 18.0 Å². The van der Waals surface area contributed by atoms with Crippen molar-refractivity contribution in [1.29, 1.82) is 0 Å². The van der Waals surface area contributed by atoms with Crippen molar-refractivity contribution in [1.82, 2.24) is 10.2 Å². The molecule has 11 heteroatoms. The van der Waals surface area contributed by atoms with Crippen molar-refractivity contribution >= 4 is 50.7 Å². The molecule has 1 atom stereocenters. The lowest BCUT2D eigenvalue weighted by Crippen LogP contribution is -2.50. The molecule has 0 aromatic heterocycles. The van der Waals surface area contributed by atoms with E-state index < -0.39 is 34.4 Å². The number of rotatable bonds is 10. The zero-order valence-corrected chi connectivity index (χ0v) is 22.8. The smallest absolute Gasteiger partial charge is 0.264 e. The van der Waals surface area contributed by atoms with Crippen LogP contribution in [-0.2, 0) is 26.2 Å². The molecule has 3 rings (SSSR count). The van der Waals surface area contributed by atoms with Gasteiger partial charge in [-0.1, -0.05) is 59.6 Å². The number of sulfonamides is 1. The van der Waals surface area contributed by atoms with Gasteiger partial charge in [0.05, 0.1) is 17.7 Å². The van der Waals surface area contributed by atoms with Crippen LogP contribution < -0.4 is 14.4 Å². The molecule has 1 N–H and O–H groups in total. The molecule has 3 aromatic rings. The molecule has 0 spiro atoms. The number of ether oxygens (including phenoxy) is 1. The first-order valence-corrected chi connectivity index (χ1v) is 13.5. The van der Waals surface area contributed by atoms with Gasteiger partial charge in [-0.25, -0.2) is 8.42 Å². The minimum Gasteiger partial charge on any atom is -0.495 e. The third-order valence-electron chi connectivity index (χ3n) is 5.73. The van der Waals surface area contributed by atoms with Gasteiger partial charge >= 0.3 is 0 Å². The third-order valence-corrected chi connectivity index (χ3v) is 8.11. The van der Waals surface area contributed by atoms with Crippen LogP contribution in [0.5, 0.6) is 5.75 Å². The summed E-state index contributed by atoms with van der Waals surface area (Å²) in [7, 11) is -1.40. The number of nitrogens with zero attached hydrogens (tertiary/aromatic N) is 2. The Balaban J connectivity index is 2.11. The van der Waals surface area contributed by atoms with E-state index in [1.807, 2.05) is 0 Å². The molecule has 0 saturated heterocycles. The second kappa shape index (κ2) is 12.3. The van der Waals surface area contributed by atoms with Crippen LogP contribution in [0.15, 0.2) is 77.7 Å². The van der Waals surface area contributed by atoms with Crippen molar-refractivity contribution in [2.45, 2.75) is 24.4 Å². The van der Waals surface area contributed by atoms with E-state index >= 15 is 0 Å². The molecule has 0 radical (unpaired) electrons. The van der Waals surface area contributed by atoms with Gasteiger partial charge in [0.15, 0.2) is 0 Å². The number of hydrogen-bond acceptors (Lipinski definition) is 5. The van der Waals surface area contributed by atoms with Gasteiger partial charge < -0.3 is 15.0 Å². The summed E-state index contributed by atoms with van der Waals surface area (Å²) in [4.78, 5) is 27.6. The van der Waals surface area contributed by atoms with Crippen molar-refractivity contribution < 1.29 is 22.7 Å². The van der Waals surface area contributed by atoms with Crippen molar-refractivity contribution in [3.63, 3.8) is 0 Å². The lowest BCUT2D eigenvalue weighted by Gasteiger charge is -2.32. The van der Waals surface area contributed by atoms with E-state index in [1.165, 1.54) is 43.3 Å². The normalized spacial score (nSPS) is 11.9. The van der Waals surface area contributed by atoms with Gasteiger partial charge in [-0.3, -0.25) is 13.9 Å². The standard InChI is InChI=1S/C26H27Cl2N3O5S/c1-18(26(33)29-2)30(16-19-9-7-8-12-22(19)28)25(32)17-31(23-15-20(27)13-14-24(23)36-3)37(34,35)21-10-5-4-6-11-21/h4-15,18H,16-17H2,1-3H3,(H,29,33)/t18-/m0/s1. The summed E-state index contributed by atoms with van der Waals surface area (Å²) >= 11 is 12.5. The van der Waals surface area contributed by atoms with Gasteiger partial charge in [-0.2, -0.15) is 0 Å². The van der Waals surface area contributed by atoms with Crippen molar-refractivity contribution in [3.05, 3.63) is 88.4 Å². The minimum atomic E-state index is -4.24. The summed E-state index contributed by atoms with van der Waals surface area (Å²) in [5, 5.41) is 3.20. The monoisotopic (exact) mass is 563 g/mol. The number of methoxy groups -OCH3 is 1. The average Bonchev–Trinajstić information content (AvgIpc) is 2.90. The fraction of sp³-hybridized carbons (Fsp3) is 0.231. The second-order valence-corrected chi connectivity index (χ2v) is 10.8. The van der Waals surface area contributed by atoms with Gasteiger partial charge in [0.25, 0.3) is 10.0 Å². The molecular weight excluding hydrogens is 537 g/mol. The fourth-order valence-corrected chi connectivity index (χ4v) is 5.49. The van der Waals surface area contributed by atoms with Crippen LogP contribution in [0.2, 0.25) is 10.0 Å². The maximum atomic E-state index is 13.8. The predicted molar refractivity (Wildman–Crippen MR) is 145 cm³/mol. The Hall–Kier alpha value is -3.27. The number of anilines is 1. The third kappa shape index (κ3) is 6.54. The molecule has 37 heavy (non-hydrogen) atoms. The minimum absolute atomic E-state index is 0.0149. The van der Waals surface area contributed by atoms with Crippen LogP contribution in [0.4, 0.5) is 5.69 Å². The number of halogens is 2. The molecule has 0 unspecified atom stereocenters. The first kappa shape index (κ1) is 28.3. The van der Waals surface area contributed by atoms with Crippen LogP contribution >= 0.6 is 23.2 Å². The Morgan fingerprint density at radius 1 is 1.00 bits per heavy atom. The molecule has 0 fully saturated rings. The SMILES string of the molecule is CNC(=O)[C@H](C)N(Cc1ccccc1Cl)C(=O)CN(c1cc(Cl)ccc1OC)S(=O)(=O)c1ccccc1. The van der Waals surface area contributed by atoms with Gasteiger partial charge in [-0.15, -0.1) is 0 Å².